The van der Waals surface area contributed by atoms with Gasteiger partial charge in [0.15, 0.2) is 0 Å². The average molecular weight is 295 g/mol. The molecule has 0 bridgehead atoms. The normalized spacial score (nSPS) is 15.6. The van der Waals surface area contributed by atoms with E-state index >= 15 is 0 Å². The lowest BCUT2D eigenvalue weighted by Gasteiger charge is -2.22. The second kappa shape index (κ2) is 7.14. The van der Waals surface area contributed by atoms with Crippen LogP contribution in [0, 0.1) is 0 Å². The van der Waals surface area contributed by atoms with Gasteiger partial charge in [-0.3, -0.25) is 4.98 Å². The Morgan fingerprint density at radius 1 is 1.40 bits per heavy atom. The molecule has 1 fully saturated rings. The van der Waals surface area contributed by atoms with Gasteiger partial charge in [0, 0.05) is 12.2 Å². The van der Waals surface area contributed by atoms with Crippen molar-refractivity contribution >= 4 is 23.8 Å². The quantitative estimate of drug-likeness (QED) is 0.782. The second-order valence-electron chi connectivity index (χ2n) is 4.55. The molecule has 2 heterocycles. The summed E-state index contributed by atoms with van der Waals surface area (Å²) in [6.07, 6.45) is 3.41. The minimum atomic E-state index is -1.00. The summed E-state index contributed by atoms with van der Waals surface area (Å²) >= 11 is 1.90. The van der Waals surface area contributed by atoms with Crippen LogP contribution in [0.4, 0.5) is 4.79 Å². The maximum absolute atomic E-state index is 11.7. The van der Waals surface area contributed by atoms with Gasteiger partial charge in [-0.1, -0.05) is 0 Å². The maximum Gasteiger partial charge on any atom is 0.335 e. The van der Waals surface area contributed by atoms with Crippen LogP contribution in [-0.2, 0) is 6.54 Å². The SMILES string of the molecule is O=C(NCc1cc(C(=O)O)ccn1)NC1CCSCC1. The number of pyridine rings is 1. The lowest BCUT2D eigenvalue weighted by Crippen LogP contribution is -2.43. The van der Waals surface area contributed by atoms with Crippen LogP contribution in [0.15, 0.2) is 18.3 Å². The molecule has 0 saturated carbocycles. The zero-order chi connectivity index (χ0) is 14.4. The van der Waals surface area contributed by atoms with Crippen molar-refractivity contribution in [1.29, 1.82) is 0 Å². The minimum absolute atomic E-state index is 0.168. The van der Waals surface area contributed by atoms with Crippen LogP contribution >= 0.6 is 11.8 Å². The molecule has 0 atom stereocenters. The Balaban J connectivity index is 1.80. The molecule has 0 aromatic carbocycles. The molecule has 0 aliphatic carbocycles. The highest BCUT2D eigenvalue weighted by Gasteiger charge is 2.15. The van der Waals surface area contributed by atoms with E-state index in [-0.39, 0.29) is 24.2 Å². The van der Waals surface area contributed by atoms with Crippen LogP contribution in [-0.4, -0.2) is 39.6 Å². The third-order valence-corrected chi connectivity index (χ3v) is 4.10. The van der Waals surface area contributed by atoms with Crippen molar-refractivity contribution in [2.45, 2.75) is 25.4 Å². The van der Waals surface area contributed by atoms with E-state index in [0.717, 1.165) is 24.3 Å². The summed E-state index contributed by atoms with van der Waals surface area (Å²) in [4.78, 5) is 26.6. The van der Waals surface area contributed by atoms with E-state index < -0.39 is 5.97 Å². The molecule has 0 unspecified atom stereocenters. The highest BCUT2D eigenvalue weighted by molar-refractivity contribution is 7.99. The van der Waals surface area contributed by atoms with Gasteiger partial charge in [-0.25, -0.2) is 9.59 Å². The van der Waals surface area contributed by atoms with Gasteiger partial charge in [0.05, 0.1) is 17.8 Å². The molecule has 1 aromatic rings. The maximum atomic E-state index is 11.7. The highest BCUT2D eigenvalue weighted by atomic mass is 32.2. The molecule has 1 aromatic heterocycles. The number of aromatic nitrogens is 1. The van der Waals surface area contributed by atoms with Crippen molar-refractivity contribution in [3.05, 3.63) is 29.6 Å². The standard InChI is InChI=1S/C13H17N3O3S/c17-12(18)9-1-4-14-11(7-9)8-15-13(19)16-10-2-5-20-6-3-10/h1,4,7,10H,2-3,5-6,8H2,(H,17,18)(H2,15,16,19). The molecule has 2 rings (SSSR count). The monoisotopic (exact) mass is 295 g/mol. The molecule has 3 N–H and O–H groups in total. The number of carbonyl (C=O) groups excluding carboxylic acids is 1. The number of nitrogens with one attached hydrogen (secondary N) is 2. The molecule has 0 radical (unpaired) electrons. The van der Waals surface area contributed by atoms with Crippen LogP contribution in [0.2, 0.25) is 0 Å². The molecule has 7 heteroatoms. The van der Waals surface area contributed by atoms with E-state index in [4.69, 9.17) is 5.11 Å². The topological polar surface area (TPSA) is 91.3 Å². The number of hydrogen-bond donors (Lipinski definition) is 3. The Hall–Kier alpha value is -1.76. The summed E-state index contributed by atoms with van der Waals surface area (Å²) in [5.74, 6) is 1.15. The Labute approximate surface area is 121 Å². The van der Waals surface area contributed by atoms with Gasteiger partial charge in [-0.15, -0.1) is 0 Å². The highest BCUT2D eigenvalue weighted by Crippen LogP contribution is 2.16. The molecule has 108 valence electrons. The van der Waals surface area contributed by atoms with Crippen LogP contribution in [0.25, 0.3) is 0 Å². The number of carboxylic acids is 1. The first-order chi connectivity index (χ1) is 9.65. The molecule has 0 spiro atoms. The predicted molar refractivity (Wildman–Crippen MR) is 76.9 cm³/mol. The van der Waals surface area contributed by atoms with Crippen LogP contribution < -0.4 is 10.6 Å². The second-order valence-corrected chi connectivity index (χ2v) is 5.78. The molecule has 1 aliphatic heterocycles. The van der Waals surface area contributed by atoms with E-state index in [2.05, 4.69) is 15.6 Å². The molecule has 6 nitrogen and oxygen atoms in total. The number of aromatic carboxylic acids is 1. The zero-order valence-electron chi connectivity index (χ0n) is 11.0. The van der Waals surface area contributed by atoms with Crippen molar-refractivity contribution < 1.29 is 14.7 Å². The number of carbonyl (C=O) groups is 2. The first-order valence-corrected chi connectivity index (χ1v) is 7.61. The van der Waals surface area contributed by atoms with Crippen LogP contribution in [0.1, 0.15) is 28.9 Å². The predicted octanol–water partition coefficient (Wildman–Crippen LogP) is 1.47. The van der Waals surface area contributed by atoms with Crippen molar-refractivity contribution in [2.24, 2.45) is 0 Å². The van der Waals surface area contributed by atoms with E-state index in [1.807, 2.05) is 11.8 Å². The first-order valence-electron chi connectivity index (χ1n) is 6.45. The Morgan fingerprint density at radius 2 is 2.15 bits per heavy atom. The van der Waals surface area contributed by atoms with Gasteiger partial charge in [-0.2, -0.15) is 11.8 Å². The van der Waals surface area contributed by atoms with Crippen molar-refractivity contribution in [1.82, 2.24) is 15.6 Å². The van der Waals surface area contributed by atoms with E-state index in [1.165, 1.54) is 18.3 Å². The van der Waals surface area contributed by atoms with Crippen molar-refractivity contribution in [3.63, 3.8) is 0 Å². The number of urea groups is 1. The van der Waals surface area contributed by atoms with E-state index in [1.54, 1.807) is 0 Å². The summed E-state index contributed by atoms with van der Waals surface area (Å²) in [6, 6.07) is 2.88. The summed E-state index contributed by atoms with van der Waals surface area (Å²) in [5, 5.41) is 14.5. The number of rotatable bonds is 4. The first kappa shape index (κ1) is 14.6. The average Bonchev–Trinajstić information content (AvgIpc) is 2.46. The number of thioether (sulfide) groups is 1. The third kappa shape index (κ3) is 4.41. The number of amides is 2. The lowest BCUT2D eigenvalue weighted by atomic mass is 10.2. The van der Waals surface area contributed by atoms with Gasteiger partial charge in [0.25, 0.3) is 0 Å². The van der Waals surface area contributed by atoms with Gasteiger partial charge < -0.3 is 15.7 Å². The number of hydrogen-bond acceptors (Lipinski definition) is 4. The number of nitrogens with zero attached hydrogens (tertiary/aromatic N) is 1. The Kier molecular flexibility index (Phi) is 5.23. The third-order valence-electron chi connectivity index (χ3n) is 3.05. The smallest absolute Gasteiger partial charge is 0.335 e. The summed E-state index contributed by atoms with van der Waals surface area (Å²) in [7, 11) is 0. The largest absolute Gasteiger partial charge is 0.478 e. The van der Waals surface area contributed by atoms with Crippen LogP contribution in [0.3, 0.4) is 0 Å². The van der Waals surface area contributed by atoms with Crippen LogP contribution in [0.5, 0.6) is 0 Å². The molecule has 1 saturated heterocycles. The lowest BCUT2D eigenvalue weighted by molar-refractivity contribution is 0.0696. The van der Waals surface area contributed by atoms with E-state index in [9.17, 15) is 9.59 Å². The fraction of sp³-hybridized carbons (Fsp3) is 0.462. The molecule has 1 aliphatic rings. The zero-order valence-corrected chi connectivity index (χ0v) is 11.8. The van der Waals surface area contributed by atoms with E-state index in [0.29, 0.717) is 5.69 Å². The minimum Gasteiger partial charge on any atom is -0.478 e. The van der Waals surface area contributed by atoms with Crippen molar-refractivity contribution in [3.8, 4) is 0 Å². The van der Waals surface area contributed by atoms with Gasteiger partial charge >= 0.3 is 12.0 Å². The Bertz CT molecular complexity index is 490. The molecular formula is C13H17N3O3S. The van der Waals surface area contributed by atoms with Gasteiger partial charge in [0.1, 0.15) is 0 Å². The van der Waals surface area contributed by atoms with Gasteiger partial charge in [0.2, 0.25) is 0 Å². The molecule has 20 heavy (non-hydrogen) atoms. The number of carboxylic acid groups (broad SMARTS) is 1. The molecular weight excluding hydrogens is 278 g/mol. The van der Waals surface area contributed by atoms with Gasteiger partial charge in [-0.05, 0) is 36.5 Å². The summed E-state index contributed by atoms with van der Waals surface area (Å²) in [6.45, 7) is 0.217. The fourth-order valence-corrected chi connectivity index (χ4v) is 3.06. The summed E-state index contributed by atoms with van der Waals surface area (Å²) in [5.41, 5.74) is 0.695. The molecule has 2 amide bonds. The summed E-state index contributed by atoms with van der Waals surface area (Å²) < 4.78 is 0. The Morgan fingerprint density at radius 3 is 2.85 bits per heavy atom. The fourth-order valence-electron chi connectivity index (χ4n) is 1.96. The van der Waals surface area contributed by atoms with Crippen molar-refractivity contribution in [2.75, 3.05) is 11.5 Å².